The van der Waals surface area contributed by atoms with E-state index in [4.69, 9.17) is 4.74 Å². The van der Waals surface area contributed by atoms with E-state index in [2.05, 4.69) is 13.5 Å². The smallest absolute Gasteiger partial charge is 0.335 e. The summed E-state index contributed by atoms with van der Waals surface area (Å²) in [6, 6.07) is 5.19. The normalized spacial score (nSPS) is 10.3. The van der Waals surface area contributed by atoms with Crippen molar-refractivity contribution in [1.82, 2.24) is 0 Å². The maximum Gasteiger partial charge on any atom is 0.335 e. The van der Waals surface area contributed by atoms with Crippen LogP contribution >= 0.6 is 0 Å². The van der Waals surface area contributed by atoms with Crippen molar-refractivity contribution in [3.63, 3.8) is 0 Å². The van der Waals surface area contributed by atoms with Gasteiger partial charge in [-0.1, -0.05) is 58.1 Å². The van der Waals surface area contributed by atoms with Gasteiger partial charge in [-0.3, -0.25) is 0 Å². The first-order valence-corrected chi connectivity index (χ1v) is 7.83. The lowest BCUT2D eigenvalue weighted by Gasteiger charge is -2.07. The fourth-order valence-corrected chi connectivity index (χ4v) is 2.24. The molecule has 1 aromatic carbocycles. The molecular weight excluding hydrogens is 264 g/mol. The summed E-state index contributed by atoms with van der Waals surface area (Å²) in [4.78, 5) is 11.1. The number of carbonyl (C=O) groups is 1. The predicted octanol–water partition coefficient (Wildman–Crippen LogP) is 4.78. The molecule has 1 rings (SSSR count). The molecule has 0 saturated heterocycles. The fourth-order valence-electron chi connectivity index (χ4n) is 2.24. The van der Waals surface area contributed by atoms with Crippen LogP contribution < -0.4 is 4.74 Å². The Morgan fingerprint density at radius 1 is 1.19 bits per heavy atom. The number of phenols is 1. The fraction of sp³-hybridized carbons (Fsp3) is 0.500. The van der Waals surface area contributed by atoms with E-state index in [1.165, 1.54) is 38.5 Å². The van der Waals surface area contributed by atoms with Crippen LogP contribution in [0.3, 0.4) is 0 Å². The van der Waals surface area contributed by atoms with Gasteiger partial charge in [-0.2, -0.15) is 0 Å². The Hall–Kier alpha value is -1.77. The third kappa shape index (κ3) is 6.98. The topological polar surface area (TPSA) is 46.5 Å². The number of rotatable bonds is 10. The van der Waals surface area contributed by atoms with Gasteiger partial charge in [-0.15, -0.1) is 0 Å². The minimum Gasteiger partial charge on any atom is -0.504 e. The molecule has 0 heterocycles. The Balaban J connectivity index is 2.31. The van der Waals surface area contributed by atoms with Gasteiger partial charge in [0, 0.05) is 6.08 Å². The van der Waals surface area contributed by atoms with Gasteiger partial charge in [-0.05, 0) is 30.5 Å². The number of ether oxygens (including phenoxy) is 1. The van der Waals surface area contributed by atoms with E-state index in [1.807, 2.05) is 6.07 Å². The summed E-state index contributed by atoms with van der Waals surface area (Å²) in [6.45, 7) is 5.55. The van der Waals surface area contributed by atoms with Crippen LogP contribution in [0.25, 0.3) is 0 Å². The number of hydrogen-bond acceptors (Lipinski definition) is 3. The van der Waals surface area contributed by atoms with E-state index in [9.17, 15) is 9.90 Å². The summed E-state index contributed by atoms with van der Waals surface area (Å²) >= 11 is 0. The number of carbonyl (C=O) groups excluding carboxylic acids is 1. The molecule has 0 fully saturated rings. The Bertz CT molecular complexity index is 452. The quantitative estimate of drug-likeness (QED) is 0.292. The number of hydrogen-bond donors (Lipinski definition) is 1. The van der Waals surface area contributed by atoms with Crippen molar-refractivity contribution in [3.8, 4) is 11.5 Å². The zero-order chi connectivity index (χ0) is 15.5. The summed E-state index contributed by atoms with van der Waals surface area (Å²) in [5.41, 5.74) is 1.07. The molecule has 0 unspecified atom stereocenters. The average molecular weight is 290 g/mol. The summed E-state index contributed by atoms with van der Waals surface area (Å²) in [6.07, 6.45) is 10.9. The van der Waals surface area contributed by atoms with E-state index in [-0.39, 0.29) is 11.5 Å². The van der Waals surface area contributed by atoms with Crippen LogP contribution in [-0.4, -0.2) is 11.1 Å². The van der Waals surface area contributed by atoms with Gasteiger partial charge in [-0.25, -0.2) is 4.79 Å². The summed E-state index contributed by atoms with van der Waals surface area (Å²) in [7, 11) is 0. The van der Waals surface area contributed by atoms with Crippen LogP contribution in [0.4, 0.5) is 0 Å². The lowest BCUT2D eigenvalue weighted by Crippen LogP contribution is -2.03. The maximum atomic E-state index is 11.1. The molecule has 3 nitrogen and oxygen atoms in total. The first-order valence-electron chi connectivity index (χ1n) is 7.83. The van der Waals surface area contributed by atoms with Crippen molar-refractivity contribution in [2.75, 3.05) is 0 Å². The predicted molar refractivity (Wildman–Crippen MR) is 85.6 cm³/mol. The number of aryl methyl sites for hydroxylation is 1. The standard InChI is InChI=1S/C18H26O3/c1-3-5-6-7-8-9-10-11-15-12-13-17(16(19)14-15)21-18(20)4-2/h4,12-14,19H,2-3,5-11H2,1H3. The molecule has 21 heavy (non-hydrogen) atoms. The van der Waals surface area contributed by atoms with Crippen molar-refractivity contribution >= 4 is 5.97 Å². The van der Waals surface area contributed by atoms with Crippen molar-refractivity contribution in [1.29, 1.82) is 0 Å². The molecule has 0 aliphatic heterocycles. The second kappa shape index (κ2) is 10.0. The minimum absolute atomic E-state index is 0.00523. The van der Waals surface area contributed by atoms with Gasteiger partial charge in [0.25, 0.3) is 0 Å². The first kappa shape index (κ1) is 17.3. The second-order valence-corrected chi connectivity index (χ2v) is 5.30. The van der Waals surface area contributed by atoms with E-state index in [1.54, 1.807) is 12.1 Å². The van der Waals surface area contributed by atoms with Crippen molar-refractivity contribution in [3.05, 3.63) is 36.4 Å². The van der Waals surface area contributed by atoms with E-state index < -0.39 is 5.97 Å². The first-order chi connectivity index (χ1) is 10.2. The largest absolute Gasteiger partial charge is 0.504 e. The number of aromatic hydroxyl groups is 1. The van der Waals surface area contributed by atoms with Gasteiger partial charge in [0.2, 0.25) is 0 Å². The van der Waals surface area contributed by atoms with Gasteiger partial charge in [0.1, 0.15) is 0 Å². The Kier molecular flexibility index (Phi) is 8.25. The highest BCUT2D eigenvalue weighted by Crippen LogP contribution is 2.27. The number of phenolic OH excluding ortho intramolecular Hbond substituents is 1. The van der Waals surface area contributed by atoms with Crippen LogP contribution in [0, 0.1) is 0 Å². The van der Waals surface area contributed by atoms with Crippen LogP contribution in [-0.2, 0) is 11.2 Å². The number of benzene rings is 1. The second-order valence-electron chi connectivity index (χ2n) is 5.30. The molecule has 3 heteroatoms. The van der Waals surface area contributed by atoms with Gasteiger partial charge < -0.3 is 9.84 Å². The third-order valence-electron chi connectivity index (χ3n) is 3.47. The molecular formula is C18H26O3. The lowest BCUT2D eigenvalue weighted by molar-refractivity contribution is -0.129. The molecule has 0 aromatic heterocycles. The molecule has 0 bridgehead atoms. The van der Waals surface area contributed by atoms with Crippen LogP contribution in [0.2, 0.25) is 0 Å². The van der Waals surface area contributed by atoms with Crippen molar-refractivity contribution in [2.24, 2.45) is 0 Å². The summed E-state index contributed by atoms with van der Waals surface area (Å²) < 4.78 is 4.92. The number of esters is 1. The van der Waals surface area contributed by atoms with Gasteiger partial charge >= 0.3 is 5.97 Å². The van der Waals surface area contributed by atoms with Crippen molar-refractivity contribution in [2.45, 2.75) is 58.3 Å². The Morgan fingerprint density at radius 3 is 2.48 bits per heavy atom. The minimum atomic E-state index is -0.565. The molecule has 0 aliphatic carbocycles. The average Bonchev–Trinajstić information content (AvgIpc) is 2.48. The molecule has 0 spiro atoms. The molecule has 1 N–H and O–H groups in total. The highest BCUT2D eigenvalue weighted by atomic mass is 16.5. The highest BCUT2D eigenvalue weighted by molar-refractivity contribution is 5.83. The molecule has 0 atom stereocenters. The van der Waals surface area contributed by atoms with Crippen molar-refractivity contribution < 1.29 is 14.6 Å². The molecule has 116 valence electrons. The van der Waals surface area contributed by atoms with Crippen LogP contribution in [0.15, 0.2) is 30.9 Å². The Labute approximate surface area is 127 Å². The molecule has 0 radical (unpaired) electrons. The number of unbranched alkanes of at least 4 members (excludes halogenated alkanes) is 6. The monoisotopic (exact) mass is 290 g/mol. The van der Waals surface area contributed by atoms with E-state index in [0.29, 0.717) is 0 Å². The summed E-state index contributed by atoms with van der Waals surface area (Å²) in [5, 5.41) is 9.82. The lowest BCUT2D eigenvalue weighted by atomic mass is 10.0. The highest BCUT2D eigenvalue weighted by Gasteiger charge is 2.07. The van der Waals surface area contributed by atoms with Crippen LogP contribution in [0.5, 0.6) is 11.5 Å². The molecule has 0 amide bonds. The third-order valence-corrected chi connectivity index (χ3v) is 3.47. The zero-order valence-corrected chi connectivity index (χ0v) is 12.9. The summed E-state index contributed by atoms with van der Waals surface area (Å²) in [5.74, 6) is -0.376. The SMILES string of the molecule is C=CC(=O)Oc1ccc(CCCCCCCCC)cc1O. The molecule has 1 aromatic rings. The maximum absolute atomic E-state index is 11.1. The van der Waals surface area contributed by atoms with Gasteiger partial charge in [0.15, 0.2) is 11.5 Å². The van der Waals surface area contributed by atoms with E-state index >= 15 is 0 Å². The molecule has 0 aliphatic rings. The Morgan fingerprint density at radius 2 is 1.86 bits per heavy atom. The zero-order valence-electron chi connectivity index (χ0n) is 12.9. The van der Waals surface area contributed by atoms with E-state index in [0.717, 1.165) is 24.5 Å². The molecule has 0 saturated carbocycles. The van der Waals surface area contributed by atoms with Crippen LogP contribution in [0.1, 0.15) is 57.4 Å². The van der Waals surface area contributed by atoms with Gasteiger partial charge in [0.05, 0.1) is 0 Å².